The lowest BCUT2D eigenvalue weighted by atomic mass is 10.0. The molecule has 0 saturated heterocycles. The van der Waals surface area contributed by atoms with Crippen LogP contribution in [0.1, 0.15) is 5.56 Å². The minimum Gasteiger partial charge on any atom is -0.316 e. The highest BCUT2D eigenvalue weighted by molar-refractivity contribution is 5.63. The standard InChI is InChI=1S/C12H14FN3/c1-14-8-9-3-4-10(13)7-11(9)12-5-6-15-16(12)2/h3-7,14H,8H2,1-2H3. The molecular weight excluding hydrogens is 205 g/mol. The molecular formula is C12H14FN3. The molecule has 84 valence electrons. The summed E-state index contributed by atoms with van der Waals surface area (Å²) in [6.45, 7) is 0.709. The van der Waals surface area contributed by atoms with Gasteiger partial charge in [0.25, 0.3) is 0 Å². The molecule has 0 fully saturated rings. The molecule has 0 bridgehead atoms. The fraction of sp³-hybridized carbons (Fsp3) is 0.250. The zero-order valence-corrected chi connectivity index (χ0v) is 9.37. The monoisotopic (exact) mass is 219 g/mol. The summed E-state index contributed by atoms with van der Waals surface area (Å²) in [7, 11) is 3.72. The molecule has 0 unspecified atom stereocenters. The largest absolute Gasteiger partial charge is 0.316 e. The molecule has 0 saturated carbocycles. The van der Waals surface area contributed by atoms with E-state index >= 15 is 0 Å². The van der Waals surface area contributed by atoms with Gasteiger partial charge in [-0.3, -0.25) is 4.68 Å². The van der Waals surface area contributed by atoms with Gasteiger partial charge in [-0.05, 0) is 30.8 Å². The first-order chi connectivity index (χ1) is 7.72. The highest BCUT2D eigenvalue weighted by Gasteiger charge is 2.09. The first-order valence-corrected chi connectivity index (χ1v) is 5.14. The Balaban J connectivity index is 2.53. The predicted octanol–water partition coefficient (Wildman–Crippen LogP) is 1.95. The number of nitrogens with one attached hydrogen (secondary N) is 1. The molecule has 0 radical (unpaired) electrons. The Morgan fingerprint density at radius 1 is 1.38 bits per heavy atom. The highest BCUT2D eigenvalue weighted by Crippen LogP contribution is 2.23. The van der Waals surface area contributed by atoms with Crippen LogP contribution in [0.25, 0.3) is 11.3 Å². The van der Waals surface area contributed by atoms with Crippen molar-refractivity contribution >= 4 is 0 Å². The van der Waals surface area contributed by atoms with Gasteiger partial charge in [-0.1, -0.05) is 6.07 Å². The second-order valence-corrected chi connectivity index (χ2v) is 3.67. The zero-order valence-electron chi connectivity index (χ0n) is 9.37. The molecule has 0 aliphatic heterocycles. The number of aryl methyl sites for hydroxylation is 1. The van der Waals surface area contributed by atoms with Crippen molar-refractivity contribution < 1.29 is 4.39 Å². The third-order valence-corrected chi connectivity index (χ3v) is 2.54. The average Bonchev–Trinajstić information content (AvgIpc) is 2.67. The Kier molecular flexibility index (Phi) is 3.01. The number of hydrogen-bond donors (Lipinski definition) is 1. The molecule has 1 N–H and O–H groups in total. The first kappa shape index (κ1) is 10.8. The van der Waals surface area contributed by atoms with E-state index in [2.05, 4.69) is 10.4 Å². The van der Waals surface area contributed by atoms with Crippen LogP contribution >= 0.6 is 0 Å². The quantitative estimate of drug-likeness (QED) is 0.855. The van der Waals surface area contributed by atoms with Crippen molar-refractivity contribution in [3.8, 4) is 11.3 Å². The van der Waals surface area contributed by atoms with E-state index in [-0.39, 0.29) is 5.82 Å². The Labute approximate surface area is 93.9 Å². The van der Waals surface area contributed by atoms with E-state index in [1.165, 1.54) is 6.07 Å². The Hall–Kier alpha value is -1.68. The van der Waals surface area contributed by atoms with Gasteiger partial charge in [-0.15, -0.1) is 0 Å². The summed E-state index contributed by atoms with van der Waals surface area (Å²) < 4.78 is 15.0. The van der Waals surface area contributed by atoms with Gasteiger partial charge in [0.1, 0.15) is 5.82 Å². The van der Waals surface area contributed by atoms with Crippen molar-refractivity contribution in [3.63, 3.8) is 0 Å². The van der Waals surface area contributed by atoms with Crippen LogP contribution in [0.15, 0.2) is 30.5 Å². The lowest BCUT2D eigenvalue weighted by Crippen LogP contribution is -2.07. The number of halogens is 1. The molecule has 0 atom stereocenters. The topological polar surface area (TPSA) is 29.9 Å². The van der Waals surface area contributed by atoms with Crippen LogP contribution in [-0.4, -0.2) is 16.8 Å². The summed E-state index contributed by atoms with van der Waals surface area (Å²) in [5.41, 5.74) is 2.87. The number of hydrogen-bond acceptors (Lipinski definition) is 2. The second kappa shape index (κ2) is 4.45. The van der Waals surface area contributed by atoms with Crippen molar-refractivity contribution in [1.29, 1.82) is 0 Å². The van der Waals surface area contributed by atoms with Crippen LogP contribution in [0.2, 0.25) is 0 Å². The third kappa shape index (κ3) is 1.97. The van der Waals surface area contributed by atoms with Crippen LogP contribution in [0.4, 0.5) is 4.39 Å². The number of rotatable bonds is 3. The molecule has 1 aromatic carbocycles. The van der Waals surface area contributed by atoms with Crippen molar-refractivity contribution in [2.24, 2.45) is 7.05 Å². The smallest absolute Gasteiger partial charge is 0.123 e. The molecule has 4 heteroatoms. The molecule has 0 spiro atoms. The van der Waals surface area contributed by atoms with Gasteiger partial charge in [-0.25, -0.2) is 4.39 Å². The zero-order chi connectivity index (χ0) is 11.5. The van der Waals surface area contributed by atoms with E-state index in [0.717, 1.165) is 16.8 Å². The first-order valence-electron chi connectivity index (χ1n) is 5.14. The van der Waals surface area contributed by atoms with Gasteiger partial charge in [0.15, 0.2) is 0 Å². The maximum absolute atomic E-state index is 13.3. The Morgan fingerprint density at radius 2 is 2.19 bits per heavy atom. The lowest BCUT2D eigenvalue weighted by molar-refractivity contribution is 0.626. The summed E-state index contributed by atoms with van der Waals surface area (Å²) >= 11 is 0. The van der Waals surface area contributed by atoms with E-state index in [4.69, 9.17) is 0 Å². The van der Waals surface area contributed by atoms with Crippen molar-refractivity contribution in [1.82, 2.24) is 15.1 Å². The third-order valence-electron chi connectivity index (χ3n) is 2.54. The normalized spacial score (nSPS) is 10.7. The van der Waals surface area contributed by atoms with E-state index in [9.17, 15) is 4.39 Å². The van der Waals surface area contributed by atoms with E-state index in [1.807, 2.05) is 20.2 Å². The van der Waals surface area contributed by atoms with E-state index in [1.54, 1.807) is 23.0 Å². The fourth-order valence-electron chi connectivity index (χ4n) is 1.77. The Morgan fingerprint density at radius 3 is 2.81 bits per heavy atom. The number of benzene rings is 1. The van der Waals surface area contributed by atoms with Gasteiger partial charge in [0.2, 0.25) is 0 Å². The van der Waals surface area contributed by atoms with Crippen molar-refractivity contribution in [2.75, 3.05) is 7.05 Å². The average molecular weight is 219 g/mol. The molecule has 16 heavy (non-hydrogen) atoms. The van der Waals surface area contributed by atoms with E-state index < -0.39 is 0 Å². The van der Waals surface area contributed by atoms with Crippen LogP contribution in [0.5, 0.6) is 0 Å². The van der Waals surface area contributed by atoms with E-state index in [0.29, 0.717) is 6.54 Å². The molecule has 1 aromatic heterocycles. The van der Waals surface area contributed by atoms with Gasteiger partial charge in [-0.2, -0.15) is 5.10 Å². The maximum atomic E-state index is 13.3. The molecule has 0 amide bonds. The summed E-state index contributed by atoms with van der Waals surface area (Å²) in [6, 6.07) is 6.71. The molecule has 0 aliphatic carbocycles. The lowest BCUT2D eigenvalue weighted by Gasteiger charge is -2.09. The van der Waals surface area contributed by atoms with Gasteiger partial charge < -0.3 is 5.32 Å². The molecule has 3 nitrogen and oxygen atoms in total. The second-order valence-electron chi connectivity index (χ2n) is 3.67. The van der Waals surface area contributed by atoms with Gasteiger partial charge in [0, 0.05) is 25.4 Å². The summed E-state index contributed by atoms with van der Waals surface area (Å²) in [4.78, 5) is 0. The highest BCUT2D eigenvalue weighted by atomic mass is 19.1. The Bertz CT molecular complexity index is 491. The fourth-order valence-corrected chi connectivity index (χ4v) is 1.77. The van der Waals surface area contributed by atoms with Crippen LogP contribution in [-0.2, 0) is 13.6 Å². The number of aromatic nitrogens is 2. The minimum absolute atomic E-state index is 0.226. The van der Waals surface area contributed by atoms with Crippen molar-refractivity contribution in [3.05, 3.63) is 41.8 Å². The predicted molar refractivity (Wildman–Crippen MR) is 61.4 cm³/mol. The van der Waals surface area contributed by atoms with Gasteiger partial charge >= 0.3 is 0 Å². The molecule has 1 heterocycles. The van der Waals surface area contributed by atoms with Crippen LogP contribution in [0, 0.1) is 5.82 Å². The number of nitrogens with zero attached hydrogens (tertiary/aromatic N) is 2. The molecule has 2 rings (SSSR count). The van der Waals surface area contributed by atoms with Crippen LogP contribution < -0.4 is 5.32 Å². The minimum atomic E-state index is -0.226. The van der Waals surface area contributed by atoms with Crippen LogP contribution in [0.3, 0.4) is 0 Å². The van der Waals surface area contributed by atoms with Gasteiger partial charge in [0.05, 0.1) is 5.69 Å². The summed E-state index contributed by atoms with van der Waals surface area (Å²) in [6.07, 6.45) is 1.71. The molecule has 0 aliphatic rings. The van der Waals surface area contributed by atoms with Crippen molar-refractivity contribution in [2.45, 2.75) is 6.54 Å². The summed E-state index contributed by atoms with van der Waals surface area (Å²) in [5, 5.41) is 7.17. The summed E-state index contributed by atoms with van der Waals surface area (Å²) in [5.74, 6) is -0.226. The maximum Gasteiger partial charge on any atom is 0.123 e. The SMILES string of the molecule is CNCc1ccc(F)cc1-c1ccnn1C. The molecule has 2 aromatic rings.